The molecule has 0 unspecified atom stereocenters. The number of benzene rings is 1. The second kappa shape index (κ2) is 6.31. The van der Waals surface area contributed by atoms with Gasteiger partial charge in [0.15, 0.2) is 0 Å². The van der Waals surface area contributed by atoms with Gasteiger partial charge in [0.25, 0.3) is 5.91 Å². The van der Waals surface area contributed by atoms with E-state index in [2.05, 4.69) is 6.92 Å². The van der Waals surface area contributed by atoms with Gasteiger partial charge in [-0.25, -0.2) is 0 Å². The van der Waals surface area contributed by atoms with Crippen molar-refractivity contribution in [2.45, 2.75) is 33.6 Å². The van der Waals surface area contributed by atoms with E-state index in [1.807, 2.05) is 43.0 Å². The summed E-state index contributed by atoms with van der Waals surface area (Å²) in [4.78, 5) is 14.0. The predicted octanol–water partition coefficient (Wildman–Crippen LogP) is 3.26. The van der Waals surface area contributed by atoms with E-state index in [1.54, 1.807) is 0 Å². The Morgan fingerprint density at radius 2 is 1.81 bits per heavy atom. The summed E-state index contributed by atoms with van der Waals surface area (Å²) in [7, 11) is 0. The molecule has 0 aliphatic heterocycles. The minimum atomic E-state index is 0.149. The number of hydrogen-bond acceptors (Lipinski definition) is 1. The monoisotopic (exact) mass is 219 g/mol. The van der Waals surface area contributed by atoms with E-state index in [0.717, 1.165) is 31.5 Å². The molecule has 0 saturated carbocycles. The van der Waals surface area contributed by atoms with Gasteiger partial charge in [-0.1, -0.05) is 31.0 Å². The Hall–Kier alpha value is -1.31. The maximum atomic E-state index is 12.1. The van der Waals surface area contributed by atoms with Crippen LogP contribution in [0.2, 0.25) is 0 Å². The van der Waals surface area contributed by atoms with E-state index in [4.69, 9.17) is 0 Å². The molecular weight excluding hydrogens is 198 g/mol. The van der Waals surface area contributed by atoms with E-state index in [-0.39, 0.29) is 5.91 Å². The highest BCUT2D eigenvalue weighted by molar-refractivity contribution is 5.94. The van der Waals surface area contributed by atoms with Crippen LogP contribution >= 0.6 is 0 Å². The van der Waals surface area contributed by atoms with Gasteiger partial charge in [0.1, 0.15) is 0 Å². The van der Waals surface area contributed by atoms with Crippen LogP contribution in [0.25, 0.3) is 0 Å². The van der Waals surface area contributed by atoms with Gasteiger partial charge in [0.05, 0.1) is 0 Å². The predicted molar refractivity (Wildman–Crippen MR) is 67.7 cm³/mol. The number of hydrogen-bond donors (Lipinski definition) is 0. The van der Waals surface area contributed by atoms with Gasteiger partial charge in [-0.3, -0.25) is 4.79 Å². The lowest BCUT2D eigenvalue weighted by atomic mass is 10.1. The van der Waals surface area contributed by atoms with Crippen molar-refractivity contribution in [1.82, 2.24) is 4.90 Å². The summed E-state index contributed by atoms with van der Waals surface area (Å²) < 4.78 is 0. The molecule has 0 atom stereocenters. The Kier molecular flexibility index (Phi) is 5.03. The Bertz CT molecular complexity index is 329. The van der Waals surface area contributed by atoms with Crippen molar-refractivity contribution in [2.75, 3.05) is 13.1 Å². The molecule has 0 aliphatic carbocycles. The smallest absolute Gasteiger partial charge is 0.253 e. The van der Waals surface area contributed by atoms with Crippen molar-refractivity contribution in [2.24, 2.45) is 0 Å². The van der Waals surface area contributed by atoms with E-state index in [1.165, 1.54) is 5.56 Å². The third kappa shape index (κ3) is 3.37. The quantitative estimate of drug-likeness (QED) is 0.744. The number of nitrogens with zero attached hydrogens (tertiary/aromatic N) is 1. The molecule has 0 aliphatic rings. The number of amides is 1. The van der Waals surface area contributed by atoms with Crippen LogP contribution in [0.4, 0.5) is 0 Å². The zero-order chi connectivity index (χ0) is 12.0. The summed E-state index contributed by atoms with van der Waals surface area (Å²) in [6.45, 7) is 7.85. The lowest BCUT2D eigenvalue weighted by Crippen LogP contribution is -2.31. The molecule has 2 heteroatoms. The van der Waals surface area contributed by atoms with Crippen LogP contribution in [0.15, 0.2) is 24.3 Å². The maximum Gasteiger partial charge on any atom is 0.253 e. The van der Waals surface area contributed by atoms with E-state index in [9.17, 15) is 4.79 Å². The van der Waals surface area contributed by atoms with Crippen LogP contribution in [0, 0.1) is 6.92 Å². The van der Waals surface area contributed by atoms with Crippen LogP contribution in [0.5, 0.6) is 0 Å². The lowest BCUT2D eigenvalue weighted by Gasteiger charge is -2.20. The van der Waals surface area contributed by atoms with Crippen LogP contribution in [-0.4, -0.2) is 23.9 Å². The van der Waals surface area contributed by atoms with Crippen molar-refractivity contribution < 1.29 is 4.79 Å². The Balaban J connectivity index is 2.70. The Morgan fingerprint density at radius 3 is 2.31 bits per heavy atom. The van der Waals surface area contributed by atoms with Gasteiger partial charge >= 0.3 is 0 Å². The van der Waals surface area contributed by atoms with Crippen LogP contribution in [0.1, 0.15) is 42.6 Å². The minimum absolute atomic E-state index is 0.149. The molecular formula is C14H21NO. The highest BCUT2D eigenvalue weighted by atomic mass is 16.2. The molecule has 0 saturated heterocycles. The maximum absolute atomic E-state index is 12.1. The molecule has 0 N–H and O–H groups in total. The van der Waals surface area contributed by atoms with E-state index in [0.29, 0.717) is 0 Å². The fourth-order valence-corrected chi connectivity index (χ4v) is 1.63. The number of unbranched alkanes of at least 4 members (excludes halogenated alkanes) is 1. The van der Waals surface area contributed by atoms with Crippen LogP contribution in [-0.2, 0) is 0 Å². The van der Waals surface area contributed by atoms with Crippen molar-refractivity contribution in [3.63, 3.8) is 0 Å². The first-order chi connectivity index (χ1) is 7.69. The SMILES string of the molecule is CCCCN(CC)C(=O)c1ccc(C)cc1. The molecule has 2 nitrogen and oxygen atoms in total. The average molecular weight is 219 g/mol. The summed E-state index contributed by atoms with van der Waals surface area (Å²) in [5, 5.41) is 0. The normalized spacial score (nSPS) is 10.2. The van der Waals surface area contributed by atoms with Crippen molar-refractivity contribution in [1.29, 1.82) is 0 Å². The average Bonchev–Trinajstić information content (AvgIpc) is 2.30. The van der Waals surface area contributed by atoms with Crippen molar-refractivity contribution in [3.8, 4) is 0 Å². The van der Waals surface area contributed by atoms with Crippen molar-refractivity contribution >= 4 is 5.91 Å². The first-order valence-corrected chi connectivity index (χ1v) is 6.05. The van der Waals surface area contributed by atoms with Crippen LogP contribution in [0.3, 0.4) is 0 Å². The molecule has 1 aromatic rings. The molecule has 0 fully saturated rings. The molecule has 0 aromatic heterocycles. The molecule has 0 heterocycles. The number of rotatable bonds is 5. The fraction of sp³-hybridized carbons (Fsp3) is 0.500. The molecule has 0 radical (unpaired) electrons. The summed E-state index contributed by atoms with van der Waals surface area (Å²) >= 11 is 0. The number of carbonyl (C=O) groups excluding carboxylic acids is 1. The van der Waals surface area contributed by atoms with Crippen molar-refractivity contribution in [3.05, 3.63) is 35.4 Å². The summed E-state index contributed by atoms with van der Waals surface area (Å²) in [5.74, 6) is 0.149. The van der Waals surface area contributed by atoms with E-state index < -0.39 is 0 Å². The zero-order valence-corrected chi connectivity index (χ0v) is 10.5. The lowest BCUT2D eigenvalue weighted by molar-refractivity contribution is 0.0762. The number of aryl methyl sites for hydroxylation is 1. The topological polar surface area (TPSA) is 20.3 Å². The first kappa shape index (κ1) is 12.8. The second-order valence-corrected chi connectivity index (χ2v) is 4.10. The Labute approximate surface area is 98.3 Å². The van der Waals surface area contributed by atoms with E-state index >= 15 is 0 Å². The standard InChI is InChI=1S/C14H21NO/c1-4-6-11-15(5-2)14(16)13-9-7-12(3)8-10-13/h7-10H,4-6,11H2,1-3H3. The van der Waals surface area contributed by atoms with Crippen LogP contribution < -0.4 is 0 Å². The largest absolute Gasteiger partial charge is 0.339 e. The molecule has 1 rings (SSSR count). The zero-order valence-electron chi connectivity index (χ0n) is 10.5. The molecule has 1 amide bonds. The molecule has 88 valence electrons. The highest BCUT2D eigenvalue weighted by Gasteiger charge is 2.12. The minimum Gasteiger partial charge on any atom is -0.339 e. The van der Waals surface area contributed by atoms with Gasteiger partial charge in [-0.2, -0.15) is 0 Å². The third-order valence-electron chi connectivity index (χ3n) is 2.75. The summed E-state index contributed by atoms with van der Waals surface area (Å²) in [6.07, 6.45) is 2.20. The summed E-state index contributed by atoms with van der Waals surface area (Å²) in [6, 6.07) is 7.79. The highest BCUT2D eigenvalue weighted by Crippen LogP contribution is 2.08. The molecule has 1 aromatic carbocycles. The molecule has 16 heavy (non-hydrogen) atoms. The van der Waals surface area contributed by atoms with Gasteiger partial charge in [0, 0.05) is 18.7 Å². The molecule has 0 spiro atoms. The van der Waals surface area contributed by atoms with Gasteiger partial charge in [-0.15, -0.1) is 0 Å². The van der Waals surface area contributed by atoms with Gasteiger partial charge in [-0.05, 0) is 32.4 Å². The first-order valence-electron chi connectivity index (χ1n) is 6.05. The molecule has 0 bridgehead atoms. The third-order valence-corrected chi connectivity index (χ3v) is 2.75. The number of carbonyl (C=O) groups is 1. The summed E-state index contributed by atoms with van der Waals surface area (Å²) in [5.41, 5.74) is 1.98. The van der Waals surface area contributed by atoms with Gasteiger partial charge < -0.3 is 4.90 Å². The van der Waals surface area contributed by atoms with Gasteiger partial charge in [0.2, 0.25) is 0 Å². The fourth-order valence-electron chi connectivity index (χ4n) is 1.63. The Morgan fingerprint density at radius 1 is 1.19 bits per heavy atom. The second-order valence-electron chi connectivity index (χ2n) is 4.10.